The van der Waals surface area contributed by atoms with E-state index in [9.17, 15) is 5.11 Å². The molecule has 130 valence electrons. The zero-order valence-electron chi connectivity index (χ0n) is 14.5. The molecule has 2 rings (SSSR count). The van der Waals surface area contributed by atoms with Crippen molar-refractivity contribution in [2.75, 3.05) is 33.9 Å². The van der Waals surface area contributed by atoms with Crippen LogP contribution in [0.3, 0.4) is 0 Å². The zero-order valence-corrected chi connectivity index (χ0v) is 14.5. The summed E-state index contributed by atoms with van der Waals surface area (Å²) in [5.41, 5.74) is 1.14. The summed E-state index contributed by atoms with van der Waals surface area (Å²) in [7, 11) is 3.28. The number of ether oxygens (including phenoxy) is 3. The summed E-state index contributed by atoms with van der Waals surface area (Å²) in [6.45, 7) is 5.13. The van der Waals surface area contributed by atoms with Crippen molar-refractivity contribution in [1.82, 2.24) is 4.90 Å². The molecule has 0 spiro atoms. The molecule has 23 heavy (non-hydrogen) atoms. The fraction of sp³-hybridized carbons (Fsp3) is 0.667. The van der Waals surface area contributed by atoms with Gasteiger partial charge in [0, 0.05) is 26.2 Å². The van der Waals surface area contributed by atoms with Gasteiger partial charge in [0.1, 0.15) is 0 Å². The van der Waals surface area contributed by atoms with Gasteiger partial charge in [0.15, 0.2) is 11.5 Å². The smallest absolute Gasteiger partial charge is 0.161 e. The number of nitrogens with zero attached hydrogens (tertiary/aromatic N) is 1. The number of hydrogen-bond acceptors (Lipinski definition) is 5. The molecule has 0 amide bonds. The molecule has 5 nitrogen and oxygen atoms in total. The van der Waals surface area contributed by atoms with Gasteiger partial charge in [-0.2, -0.15) is 0 Å². The Balaban J connectivity index is 2.05. The van der Waals surface area contributed by atoms with Crippen LogP contribution in [0.4, 0.5) is 0 Å². The summed E-state index contributed by atoms with van der Waals surface area (Å²) < 4.78 is 16.4. The van der Waals surface area contributed by atoms with E-state index in [0.717, 1.165) is 56.0 Å². The van der Waals surface area contributed by atoms with E-state index in [4.69, 9.17) is 14.2 Å². The van der Waals surface area contributed by atoms with Crippen molar-refractivity contribution in [3.8, 4) is 11.5 Å². The SMILES string of the molecule is CCC(O)CN(Cc1ccc(OC)c(OC)c1)CC1CCCO1. The highest BCUT2D eigenvalue weighted by atomic mass is 16.5. The van der Waals surface area contributed by atoms with E-state index >= 15 is 0 Å². The third-order valence-electron chi connectivity index (χ3n) is 4.28. The lowest BCUT2D eigenvalue weighted by Gasteiger charge is -2.27. The van der Waals surface area contributed by atoms with Gasteiger partial charge in [0.2, 0.25) is 0 Å². The van der Waals surface area contributed by atoms with Gasteiger partial charge in [-0.05, 0) is 37.0 Å². The van der Waals surface area contributed by atoms with Crippen LogP contribution in [0.15, 0.2) is 18.2 Å². The number of methoxy groups -OCH3 is 2. The Morgan fingerprint density at radius 3 is 2.70 bits per heavy atom. The maximum Gasteiger partial charge on any atom is 0.161 e. The standard InChI is InChI=1S/C18H29NO4/c1-4-15(20)12-19(13-16-6-5-9-23-16)11-14-7-8-17(21-2)18(10-14)22-3/h7-8,10,15-16,20H,4-6,9,11-13H2,1-3H3. The summed E-state index contributed by atoms with van der Waals surface area (Å²) in [5.74, 6) is 1.47. The molecule has 1 heterocycles. The lowest BCUT2D eigenvalue weighted by molar-refractivity contribution is 0.0454. The van der Waals surface area contributed by atoms with Gasteiger partial charge in [-0.15, -0.1) is 0 Å². The Morgan fingerprint density at radius 2 is 2.09 bits per heavy atom. The topological polar surface area (TPSA) is 51.2 Å². The van der Waals surface area contributed by atoms with Crippen molar-refractivity contribution in [3.05, 3.63) is 23.8 Å². The molecule has 2 unspecified atom stereocenters. The summed E-state index contributed by atoms with van der Waals surface area (Å²) in [5, 5.41) is 10.0. The van der Waals surface area contributed by atoms with Crippen molar-refractivity contribution < 1.29 is 19.3 Å². The third-order valence-corrected chi connectivity index (χ3v) is 4.28. The molecular formula is C18H29NO4. The lowest BCUT2D eigenvalue weighted by atomic mass is 10.1. The van der Waals surface area contributed by atoms with Crippen LogP contribution in [-0.2, 0) is 11.3 Å². The fourth-order valence-electron chi connectivity index (χ4n) is 2.94. The number of aliphatic hydroxyl groups excluding tert-OH is 1. The quantitative estimate of drug-likeness (QED) is 0.756. The molecule has 0 aromatic heterocycles. The highest BCUT2D eigenvalue weighted by molar-refractivity contribution is 5.42. The predicted octanol–water partition coefficient (Wildman–Crippen LogP) is 2.46. The number of hydrogen-bond donors (Lipinski definition) is 1. The van der Waals surface area contributed by atoms with E-state index in [-0.39, 0.29) is 12.2 Å². The molecule has 2 atom stereocenters. The van der Waals surface area contributed by atoms with Crippen LogP contribution in [0.25, 0.3) is 0 Å². The monoisotopic (exact) mass is 323 g/mol. The van der Waals surface area contributed by atoms with E-state index in [1.807, 2.05) is 25.1 Å². The van der Waals surface area contributed by atoms with Gasteiger partial charge in [0.25, 0.3) is 0 Å². The molecule has 5 heteroatoms. The van der Waals surface area contributed by atoms with Crippen LogP contribution in [0, 0.1) is 0 Å². The van der Waals surface area contributed by atoms with Gasteiger partial charge in [-0.3, -0.25) is 4.90 Å². The maximum absolute atomic E-state index is 10.0. The van der Waals surface area contributed by atoms with Gasteiger partial charge in [0.05, 0.1) is 26.4 Å². The van der Waals surface area contributed by atoms with Gasteiger partial charge < -0.3 is 19.3 Å². The summed E-state index contributed by atoms with van der Waals surface area (Å²) in [6.07, 6.45) is 2.96. The molecule has 1 saturated heterocycles. The maximum atomic E-state index is 10.0. The van der Waals surface area contributed by atoms with Gasteiger partial charge in [-0.25, -0.2) is 0 Å². The molecule has 1 fully saturated rings. The average molecular weight is 323 g/mol. The largest absolute Gasteiger partial charge is 0.493 e. The molecular weight excluding hydrogens is 294 g/mol. The van der Waals surface area contributed by atoms with Crippen LogP contribution < -0.4 is 9.47 Å². The van der Waals surface area contributed by atoms with Crippen molar-refractivity contribution in [1.29, 1.82) is 0 Å². The van der Waals surface area contributed by atoms with Crippen molar-refractivity contribution in [2.45, 2.75) is 44.9 Å². The minimum atomic E-state index is -0.309. The fourth-order valence-corrected chi connectivity index (χ4v) is 2.94. The van der Waals surface area contributed by atoms with Crippen molar-refractivity contribution in [3.63, 3.8) is 0 Å². The normalized spacial score (nSPS) is 19.1. The van der Waals surface area contributed by atoms with Crippen LogP contribution >= 0.6 is 0 Å². The molecule has 1 aromatic rings. The summed E-state index contributed by atoms with van der Waals surface area (Å²) in [6, 6.07) is 5.97. The predicted molar refractivity (Wildman–Crippen MR) is 90.1 cm³/mol. The molecule has 0 radical (unpaired) electrons. The van der Waals surface area contributed by atoms with E-state index in [1.165, 1.54) is 0 Å². The van der Waals surface area contributed by atoms with E-state index in [2.05, 4.69) is 4.90 Å². The first-order valence-corrected chi connectivity index (χ1v) is 8.39. The van der Waals surface area contributed by atoms with Crippen LogP contribution in [0.5, 0.6) is 11.5 Å². The highest BCUT2D eigenvalue weighted by Gasteiger charge is 2.21. The zero-order chi connectivity index (χ0) is 16.7. The minimum absolute atomic E-state index is 0.277. The molecule has 0 aliphatic carbocycles. The Bertz CT molecular complexity index is 474. The molecule has 1 aliphatic rings. The first-order valence-electron chi connectivity index (χ1n) is 8.39. The van der Waals surface area contributed by atoms with E-state index in [1.54, 1.807) is 14.2 Å². The van der Waals surface area contributed by atoms with Crippen LogP contribution in [0.1, 0.15) is 31.7 Å². The van der Waals surface area contributed by atoms with Crippen molar-refractivity contribution >= 4 is 0 Å². The molecule has 1 N–H and O–H groups in total. The Hall–Kier alpha value is -1.30. The molecule has 1 aliphatic heterocycles. The molecule has 0 saturated carbocycles. The van der Waals surface area contributed by atoms with E-state index in [0.29, 0.717) is 6.54 Å². The number of rotatable bonds is 9. The lowest BCUT2D eigenvalue weighted by Crippen LogP contribution is -2.37. The van der Waals surface area contributed by atoms with E-state index < -0.39 is 0 Å². The summed E-state index contributed by atoms with van der Waals surface area (Å²) in [4.78, 5) is 2.27. The average Bonchev–Trinajstić information content (AvgIpc) is 3.07. The Morgan fingerprint density at radius 1 is 1.30 bits per heavy atom. The Labute approximate surface area is 139 Å². The first-order chi connectivity index (χ1) is 11.2. The third kappa shape index (κ3) is 5.37. The Kier molecular flexibility index (Phi) is 7.15. The molecule has 1 aromatic carbocycles. The molecule has 0 bridgehead atoms. The number of aliphatic hydroxyl groups is 1. The second-order valence-electron chi connectivity index (χ2n) is 6.08. The first kappa shape index (κ1) is 18.0. The second kappa shape index (κ2) is 9.11. The van der Waals surface area contributed by atoms with Crippen LogP contribution in [0.2, 0.25) is 0 Å². The van der Waals surface area contributed by atoms with Gasteiger partial charge >= 0.3 is 0 Å². The van der Waals surface area contributed by atoms with Crippen LogP contribution in [-0.4, -0.2) is 56.1 Å². The number of benzene rings is 1. The van der Waals surface area contributed by atoms with Gasteiger partial charge in [-0.1, -0.05) is 13.0 Å². The highest BCUT2D eigenvalue weighted by Crippen LogP contribution is 2.28. The minimum Gasteiger partial charge on any atom is -0.493 e. The summed E-state index contributed by atoms with van der Waals surface area (Å²) >= 11 is 0. The van der Waals surface area contributed by atoms with Crippen molar-refractivity contribution in [2.24, 2.45) is 0 Å². The second-order valence-corrected chi connectivity index (χ2v) is 6.08.